The molecule has 0 fully saturated rings. The quantitative estimate of drug-likeness (QED) is 0.192. The van der Waals surface area contributed by atoms with Crippen molar-refractivity contribution in [3.63, 3.8) is 0 Å². The summed E-state index contributed by atoms with van der Waals surface area (Å²) < 4.78 is 6.62. The first kappa shape index (κ1) is 26.4. The van der Waals surface area contributed by atoms with Crippen LogP contribution in [0.15, 0.2) is 170 Å². The van der Waals surface area contributed by atoms with Crippen molar-refractivity contribution in [1.82, 2.24) is 9.97 Å². The summed E-state index contributed by atoms with van der Waals surface area (Å²) in [5, 5.41) is 2.17. The van der Waals surface area contributed by atoms with Crippen molar-refractivity contribution in [2.24, 2.45) is 0 Å². The van der Waals surface area contributed by atoms with Crippen LogP contribution in [0.25, 0.3) is 44.2 Å². The molecule has 3 nitrogen and oxygen atoms in total. The highest BCUT2D eigenvalue weighted by atomic mass is 16.5. The van der Waals surface area contributed by atoms with E-state index in [1.165, 1.54) is 11.1 Å². The van der Waals surface area contributed by atoms with E-state index in [1.54, 1.807) is 0 Å². The van der Waals surface area contributed by atoms with Gasteiger partial charge in [0.1, 0.15) is 11.5 Å². The Hall–Kier alpha value is -6.06. The van der Waals surface area contributed by atoms with Crippen molar-refractivity contribution in [3.8, 4) is 33.9 Å². The predicted molar refractivity (Wildman–Crippen MR) is 186 cm³/mol. The van der Waals surface area contributed by atoms with Crippen LogP contribution in [0.5, 0.6) is 11.5 Å². The van der Waals surface area contributed by atoms with Gasteiger partial charge < -0.3 is 4.74 Å². The summed E-state index contributed by atoms with van der Waals surface area (Å²) in [6.07, 6.45) is 1.83. The molecule has 0 unspecified atom stereocenters. The lowest BCUT2D eigenvalue weighted by atomic mass is 9.63. The SMILES string of the molecule is c1ccc(C2(c3ccccc3)c3ccccc3Oc3ccc(-c4cccc(-c5ccc6ccc7cccnc7c6n5)c4)cc32)cc1. The Morgan fingerprint density at radius 2 is 1.09 bits per heavy atom. The molecule has 46 heavy (non-hydrogen) atoms. The zero-order valence-electron chi connectivity index (χ0n) is 25.0. The van der Waals surface area contributed by atoms with Gasteiger partial charge in [0.05, 0.1) is 22.1 Å². The number of rotatable bonds is 4. The molecule has 8 aromatic rings. The van der Waals surface area contributed by atoms with E-state index in [2.05, 4.69) is 157 Å². The standard InChI is InChI=1S/C43H28N2O/c1-3-14-34(15-4-1)43(35-16-5-2-6-17-35)36-18-7-8-19-39(36)46-40-25-23-32(28-37(40)43)31-11-9-12-33(27-31)38-24-22-30-21-20-29-13-10-26-44-41(29)42(30)45-38/h1-28H. The molecule has 0 spiro atoms. The summed E-state index contributed by atoms with van der Waals surface area (Å²) in [6, 6.07) is 57.8. The lowest BCUT2D eigenvalue weighted by molar-refractivity contribution is 0.434. The van der Waals surface area contributed by atoms with Crippen molar-refractivity contribution in [1.29, 1.82) is 0 Å². The Morgan fingerprint density at radius 3 is 1.89 bits per heavy atom. The summed E-state index contributed by atoms with van der Waals surface area (Å²) in [5.41, 5.74) is 10.1. The smallest absolute Gasteiger partial charge is 0.132 e. The molecule has 1 aliphatic heterocycles. The van der Waals surface area contributed by atoms with Gasteiger partial charge in [-0.2, -0.15) is 0 Å². The number of fused-ring (bicyclic) bond motifs is 5. The van der Waals surface area contributed by atoms with E-state index in [1.807, 2.05) is 18.3 Å². The molecule has 6 aromatic carbocycles. The first-order chi connectivity index (χ1) is 22.8. The maximum absolute atomic E-state index is 6.62. The Balaban J connectivity index is 1.24. The second-order valence-corrected chi connectivity index (χ2v) is 11.8. The van der Waals surface area contributed by atoms with Gasteiger partial charge in [0, 0.05) is 33.7 Å². The zero-order valence-corrected chi connectivity index (χ0v) is 25.0. The van der Waals surface area contributed by atoms with Crippen LogP contribution in [0, 0.1) is 0 Å². The fourth-order valence-electron chi connectivity index (χ4n) is 7.13. The monoisotopic (exact) mass is 588 g/mol. The summed E-state index contributed by atoms with van der Waals surface area (Å²) in [4.78, 5) is 9.78. The fourth-order valence-corrected chi connectivity index (χ4v) is 7.13. The van der Waals surface area contributed by atoms with E-state index in [0.29, 0.717) is 0 Å². The molecule has 1 aliphatic rings. The summed E-state index contributed by atoms with van der Waals surface area (Å²) >= 11 is 0. The van der Waals surface area contributed by atoms with Crippen molar-refractivity contribution >= 4 is 21.8 Å². The minimum atomic E-state index is -0.561. The minimum Gasteiger partial charge on any atom is -0.457 e. The Kier molecular flexibility index (Phi) is 6.04. The largest absolute Gasteiger partial charge is 0.457 e. The van der Waals surface area contributed by atoms with Gasteiger partial charge >= 0.3 is 0 Å². The van der Waals surface area contributed by atoms with Gasteiger partial charge in [-0.1, -0.05) is 127 Å². The molecule has 0 bridgehead atoms. The number of hydrogen-bond acceptors (Lipinski definition) is 3. The number of hydrogen-bond donors (Lipinski definition) is 0. The van der Waals surface area contributed by atoms with E-state index in [9.17, 15) is 0 Å². The number of benzene rings is 6. The maximum atomic E-state index is 6.62. The van der Waals surface area contributed by atoms with E-state index < -0.39 is 5.41 Å². The number of aromatic nitrogens is 2. The van der Waals surface area contributed by atoms with Crippen LogP contribution in [0.2, 0.25) is 0 Å². The van der Waals surface area contributed by atoms with E-state index >= 15 is 0 Å². The summed E-state index contributed by atoms with van der Waals surface area (Å²) in [7, 11) is 0. The molecule has 0 saturated heterocycles. The third-order valence-corrected chi connectivity index (χ3v) is 9.23. The molecular weight excluding hydrogens is 560 g/mol. The number of para-hydroxylation sites is 1. The topological polar surface area (TPSA) is 35.0 Å². The Bertz CT molecular complexity index is 2360. The molecule has 0 amide bonds. The first-order valence-electron chi connectivity index (χ1n) is 15.6. The number of ether oxygens (including phenoxy) is 1. The van der Waals surface area contributed by atoms with Crippen LogP contribution < -0.4 is 4.74 Å². The molecule has 0 saturated carbocycles. The Morgan fingerprint density at radius 1 is 0.435 bits per heavy atom. The van der Waals surface area contributed by atoms with Gasteiger partial charge in [-0.05, 0) is 58.7 Å². The lowest BCUT2D eigenvalue weighted by Gasteiger charge is -2.41. The van der Waals surface area contributed by atoms with E-state index in [-0.39, 0.29) is 0 Å². The molecule has 3 heteroatoms. The highest BCUT2D eigenvalue weighted by Crippen LogP contribution is 2.55. The van der Waals surface area contributed by atoms with Gasteiger partial charge in [0.2, 0.25) is 0 Å². The average molecular weight is 589 g/mol. The number of nitrogens with zero attached hydrogens (tertiary/aromatic N) is 2. The van der Waals surface area contributed by atoms with Crippen molar-refractivity contribution in [3.05, 3.63) is 192 Å². The number of pyridine rings is 2. The third kappa shape index (κ3) is 4.06. The van der Waals surface area contributed by atoms with Crippen LogP contribution >= 0.6 is 0 Å². The molecule has 0 radical (unpaired) electrons. The third-order valence-electron chi connectivity index (χ3n) is 9.23. The van der Waals surface area contributed by atoms with Gasteiger partial charge in [-0.15, -0.1) is 0 Å². The highest BCUT2D eigenvalue weighted by Gasteiger charge is 2.45. The van der Waals surface area contributed by atoms with Crippen LogP contribution in [0.3, 0.4) is 0 Å². The average Bonchev–Trinajstić information content (AvgIpc) is 3.14. The molecular formula is C43H28N2O. The minimum absolute atomic E-state index is 0.561. The normalized spacial score (nSPS) is 13.1. The molecule has 0 N–H and O–H groups in total. The van der Waals surface area contributed by atoms with E-state index in [4.69, 9.17) is 9.72 Å². The van der Waals surface area contributed by atoms with Crippen LogP contribution in [-0.4, -0.2) is 9.97 Å². The molecule has 3 heterocycles. The van der Waals surface area contributed by atoms with E-state index in [0.717, 1.165) is 66.8 Å². The second-order valence-electron chi connectivity index (χ2n) is 11.8. The van der Waals surface area contributed by atoms with Gasteiger partial charge in [0.15, 0.2) is 0 Å². The summed E-state index contributed by atoms with van der Waals surface area (Å²) in [6.45, 7) is 0. The van der Waals surface area contributed by atoms with Crippen molar-refractivity contribution in [2.75, 3.05) is 0 Å². The predicted octanol–water partition coefficient (Wildman–Crippen LogP) is 10.6. The molecule has 9 rings (SSSR count). The molecule has 216 valence electrons. The fraction of sp³-hybridized carbons (Fsp3) is 0.0233. The van der Waals surface area contributed by atoms with Gasteiger partial charge in [0.25, 0.3) is 0 Å². The van der Waals surface area contributed by atoms with Gasteiger partial charge in [-0.3, -0.25) is 4.98 Å². The van der Waals surface area contributed by atoms with Crippen molar-refractivity contribution < 1.29 is 4.74 Å². The van der Waals surface area contributed by atoms with Crippen LogP contribution in [-0.2, 0) is 5.41 Å². The van der Waals surface area contributed by atoms with Gasteiger partial charge in [-0.25, -0.2) is 4.98 Å². The summed E-state index contributed by atoms with van der Waals surface area (Å²) in [5.74, 6) is 1.74. The molecule has 2 aromatic heterocycles. The maximum Gasteiger partial charge on any atom is 0.132 e. The van der Waals surface area contributed by atoms with Crippen LogP contribution in [0.1, 0.15) is 22.3 Å². The lowest BCUT2D eigenvalue weighted by Crippen LogP contribution is -2.34. The zero-order chi connectivity index (χ0) is 30.5. The highest BCUT2D eigenvalue weighted by molar-refractivity contribution is 6.03. The van der Waals surface area contributed by atoms with Crippen molar-refractivity contribution in [2.45, 2.75) is 5.41 Å². The Labute approximate surface area is 267 Å². The second kappa shape index (κ2) is 10.5. The first-order valence-corrected chi connectivity index (χ1v) is 15.6. The molecule has 0 atom stereocenters. The van der Waals surface area contributed by atoms with Crippen LogP contribution in [0.4, 0.5) is 0 Å². The molecule has 0 aliphatic carbocycles.